The SMILES string of the molecule is COc1cccc(CNC2COc3ccccc3C2)c1OC. The van der Waals surface area contributed by atoms with Gasteiger partial charge in [-0.15, -0.1) is 0 Å². The van der Waals surface area contributed by atoms with Crippen molar-refractivity contribution in [2.75, 3.05) is 20.8 Å². The Hall–Kier alpha value is -2.20. The number of ether oxygens (including phenoxy) is 3. The van der Waals surface area contributed by atoms with Gasteiger partial charge in [0.1, 0.15) is 12.4 Å². The zero-order valence-electron chi connectivity index (χ0n) is 13.0. The van der Waals surface area contributed by atoms with Crippen molar-refractivity contribution in [2.24, 2.45) is 0 Å². The van der Waals surface area contributed by atoms with E-state index in [1.54, 1.807) is 14.2 Å². The molecule has 1 heterocycles. The molecule has 0 amide bonds. The molecule has 0 spiro atoms. The van der Waals surface area contributed by atoms with Gasteiger partial charge in [-0.1, -0.05) is 30.3 Å². The van der Waals surface area contributed by atoms with Crippen molar-refractivity contribution in [3.8, 4) is 17.2 Å². The molecule has 3 rings (SSSR count). The second kappa shape index (κ2) is 6.71. The van der Waals surface area contributed by atoms with Crippen LogP contribution in [0.15, 0.2) is 42.5 Å². The maximum atomic E-state index is 5.81. The summed E-state index contributed by atoms with van der Waals surface area (Å²) in [6.07, 6.45) is 0.975. The van der Waals surface area contributed by atoms with E-state index in [4.69, 9.17) is 14.2 Å². The number of para-hydroxylation sites is 2. The molecule has 1 N–H and O–H groups in total. The van der Waals surface area contributed by atoms with Gasteiger partial charge < -0.3 is 19.5 Å². The molecule has 4 heteroatoms. The summed E-state index contributed by atoms with van der Waals surface area (Å²) in [4.78, 5) is 0. The van der Waals surface area contributed by atoms with E-state index in [9.17, 15) is 0 Å². The van der Waals surface area contributed by atoms with E-state index in [0.717, 1.165) is 35.8 Å². The largest absolute Gasteiger partial charge is 0.493 e. The number of nitrogens with one attached hydrogen (secondary N) is 1. The molecular formula is C18H21NO3. The van der Waals surface area contributed by atoms with Crippen LogP contribution in [-0.4, -0.2) is 26.9 Å². The number of fused-ring (bicyclic) bond motifs is 1. The smallest absolute Gasteiger partial charge is 0.165 e. The van der Waals surface area contributed by atoms with Crippen LogP contribution in [0.2, 0.25) is 0 Å². The van der Waals surface area contributed by atoms with Crippen molar-refractivity contribution in [3.63, 3.8) is 0 Å². The lowest BCUT2D eigenvalue weighted by Crippen LogP contribution is -2.38. The van der Waals surface area contributed by atoms with Gasteiger partial charge in [0.25, 0.3) is 0 Å². The van der Waals surface area contributed by atoms with Crippen molar-refractivity contribution in [1.82, 2.24) is 5.32 Å². The molecule has 0 saturated carbocycles. The molecule has 1 aliphatic rings. The van der Waals surface area contributed by atoms with Crippen molar-refractivity contribution in [3.05, 3.63) is 53.6 Å². The molecule has 2 aromatic rings. The Labute approximate surface area is 131 Å². The summed E-state index contributed by atoms with van der Waals surface area (Å²) in [6, 6.07) is 14.4. The molecule has 0 radical (unpaired) electrons. The van der Waals surface area contributed by atoms with Gasteiger partial charge in [-0.2, -0.15) is 0 Å². The zero-order chi connectivity index (χ0) is 15.4. The highest BCUT2D eigenvalue weighted by Crippen LogP contribution is 2.31. The lowest BCUT2D eigenvalue weighted by molar-refractivity contribution is 0.237. The fourth-order valence-electron chi connectivity index (χ4n) is 2.81. The molecule has 116 valence electrons. The quantitative estimate of drug-likeness (QED) is 0.921. The minimum absolute atomic E-state index is 0.297. The first-order valence-corrected chi connectivity index (χ1v) is 7.45. The van der Waals surface area contributed by atoms with Gasteiger partial charge in [0.2, 0.25) is 0 Å². The normalized spacial score (nSPS) is 16.5. The van der Waals surface area contributed by atoms with Gasteiger partial charge in [-0.05, 0) is 24.1 Å². The average molecular weight is 299 g/mol. The van der Waals surface area contributed by atoms with Crippen molar-refractivity contribution in [2.45, 2.75) is 19.0 Å². The number of benzene rings is 2. The Balaban J connectivity index is 1.67. The first-order valence-electron chi connectivity index (χ1n) is 7.45. The summed E-state index contributed by atoms with van der Waals surface area (Å²) in [5.74, 6) is 2.54. The van der Waals surface area contributed by atoms with Gasteiger partial charge in [0.05, 0.1) is 14.2 Å². The number of hydrogen-bond acceptors (Lipinski definition) is 4. The lowest BCUT2D eigenvalue weighted by Gasteiger charge is -2.26. The second-order valence-electron chi connectivity index (χ2n) is 5.35. The Kier molecular flexibility index (Phi) is 4.49. The van der Waals surface area contributed by atoms with Crippen LogP contribution in [0, 0.1) is 0 Å². The van der Waals surface area contributed by atoms with E-state index in [1.165, 1.54) is 5.56 Å². The fraction of sp³-hybridized carbons (Fsp3) is 0.333. The maximum absolute atomic E-state index is 5.81. The van der Waals surface area contributed by atoms with E-state index in [0.29, 0.717) is 12.6 Å². The molecule has 0 saturated heterocycles. The van der Waals surface area contributed by atoms with Gasteiger partial charge in [-0.3, -0.25) is 0 Å². The first kappa shape index (κ1) is 14.7. The van der Waals surface area contributed by atoms with Gasteiger partial charge in [-0.25, -0.2) is 0 Å². The van der Waals surface area contributed by atoms with Crippen molar-refractivity contribution >= 4 is 0 Å². The van der Waals surface area contributed by atoms with Crippen LogP contribution in [0.25, 0.3) is 0 Å². The van der Waals surface area contributed by atoms with Crippen molar-refractivity contribution < 1.29 is 14.2 Å². The monoisotopic (exact) mass is 299 g/mol. The minimum atomic E-state index is 0.297. The van der Waals surface area contributed by atoms with E-state index in [1.807, 2.05) is 30.3 Å². The molecule has 1 aliphatic heterocycles. The van der Waals surface area contributed by atoms with E-state index >= 15 is 0 Å². The molecule has 1 unspecified atom stereocenters. The van der Waals surface area contributed by atoms with Crippen LogP contribution in [-0.2, 0) is 13.0 Å². The Morgan fingerprint density at radius 2 is 1.95 bits per heavy atom. The molecule has 4 nitrogen and oxygen atoms in total. The van der Waals surface area contributed by atoms with Crippen LogP contribution in [0.1, 0.15) is 11.1 Å². The summed E-state index contributed by atoms with van der Waals surface area (Å²) in [7, 11) is 3.32. The van der Waals surface area contributed by atoms with Crippen LogP contribution in [0.4, 0.5) is 0 Å². The number of hydrogen-bond donors (Lipinski definition) is 1. The highest BCUT2D eigenvalue weighted by atomic mass is 16.5. The van der Waals surface area contributed by atoms with Crippen LogP contribution >= 0.6 is 0 Å². The first-order chi connectivity index (χ1) is 10.8. The topological polar surface area (TPSA) is 39.7 Å². The highest BCUT2D eigenvalue weighted by molar-refractivity contribution is 5.46. The summed E-state index contributed by atoms with van der Waals surface area (Å²) in [6.45, 7) is 1.40. The van der Waals surface area contributed by atoms with Crippen LogP contribution < -0.4 is 19.5 Å². The predicted octanol–water partition coefficient (Wildman–Crippen LogP) is 2.80. The number of rotatable bonds is 5. The Morgan fingerprint density at radius 1 is 1.09 bits per heavy atom. The third kappa shape index (κ3) is 3.02. The third-order valence-corrected chi connectivity index (χ3v) is 3.94. The maximum Gasteiger partial charge on any atom is 0.165 e. The standard InChI is InChI=1S/C18H21NO3/c1-20-17-9-5-7-14(18(17)21-2)11-19-15-10-13-6-3-4-8-16(13)22-12-15/h3-9,15,19H,10-12H2,1-2H3. The molecule has 0 aliphatic carbocycles. The summed E-state index contributed by atoms with van der Waals surface area (Å²) >= 11 is 0. The Bertz CT molecular complexity index is 642. The molecule has 22 heavy (non-hydrogen) atoms. The van der Waals surface area contributed by atoms with Gasteiger partial charge in [0, 0.05) is 18.2 Å². The molecule has 1 atom stereocenters. The second-order valence-corrected chi connectivity index (χ2v) is 5.35. The third-order valence-electron chi connectivity index (χ3n) is 3.94. The molecule has 0 aromatic heterocycles. The molecule has 2 aromatic carbocycles. The summed E-state index contributed by atoms with van der Waals surface area (Å²) in [5.41, 5.74) is 2.34. The van der Waals surface area contributed by atoms with Crippen LogP contribution in [0.5, 0.6) is 17.2 Å². The molecule has 0 fully saturated rings. The molecular weight excluding hydrogens is 278 g/mol. The van der Waals surface area contributed by atoms with Gasteiger partial charge in [0.15, 0.2) is 11.5 Å². The van der Waals surface area contributed by atoms with Crippen molar-refractivity contribution in [1.29, 1.82) is 0 Å². The Morgan fingerprint density at radius 3 is 2.77 bits per heavy atom. The summed E-state index contributed by atoms with van der Waals surface area (Å²) < 4.78 is 16.6. The predicted molar refractivity (Wildman–Crippen MR) is 85.8 cm³/mol. The lowest BCUT2D eigenvalue weighted by atomic mass is 10.0. The highest BCUT2D eigenvalue weighted by Gasteiger charge is 2.19. The van der Waals surface area contributed by atoms with E-state index in [-0.39, 0.29) is 0 Å². The van der Waals surface area contributed by atoms with E-state index in [2.05, 4.69) is 17.4 Å². The average Bonchev–Trinajstić information content (AvgIpc) is 2.59. The number of methoxy groups -OCH3 is 2. The van der Waals surface area contributed by atoms with E-state index < -0.39 is 0 Å². The zero-order valence-corrected chi connectivity index (χ0v) is 13.0. The van der Waals surface area contributed by atoms with Gasteiger partial charge >= 0.3 is 0 Å². The fourth-order valence-corrected chi connectivity index (χ4v) is 2.81. The minimum Gasteiger partial charge on any atom is -0.493 e. The summed E-state index contributed by atoms with van der Waals surface area (Å²) in [5, 5.41) is 3.54. The van der Waals surface area contributed by atoms with Crippen LogP contribution in [0.3, 0.4) is 0 Å². The molecule has 0 bridgehead atoms.